The third-order valence-electron chi connectivity index (χ3n) is 5.01. The first-order valence-corrected chi connectivity index (χ1v) is 8.86. The molecule has 0 radical (unpaired) electrons. The zero-order valence-corrected chi connectivity index (χ0v) is 13.8. The van der Waals surface area contributed by atoms with Crippen LogP contribution in [0.1, 0.15) is 44.1 Å². The number of carbonyl (C=O) groups is 1. The van der Waals surface area contributed by atoms with E-state index in [-0.39, 0.29) is 11.9 Å². The van der Waals surface area contributed by atoms with Gasteiger partial charge in [-0.15, -0.1) is 0 Å². The number of nitrogens with zero attached hydrogens (tertiary/aromatic N) is 1. The van der Waals surface area contributed by atoms with Gasteiger partial charge < -0.3 is 5.32 Å². The molecule has 120 valence electrons. The van der Waals surface area contributed by atoms with Gasteiger partial charge in [0.2, 0.25) is 5.91 Å². The fourth-order valence-corrected chi connectivity index (χ4v) is 3.90. The Kier molecular flexibility index (Phi) is 5.37. The normalized spacial score (nSPS) is 23.0. The molecule has 1 N–H and O–H groups in total. The van der Waals surface area contributed by atoms with Gasteiger partial charge in [-0.25, -0.2) is 0 Å². The van der Waals surface area contributed by atoms with E-state index < -0.39 is 0 Å². The molecule has 1 amide bonds. The van der Waals surface area contributed by atoms with E-state index in [4.69, 9.17) is 11.6 Å². The zero-order valence-electron chi connectivity index (χ0n) is 13.1. The predicted molar refractivity (Wildman–Crippen MR) is 89.9 cm³/mol. The summed E-state index contributed by atoms with van der Waals surface area (Å²) in [5.41, 5.74) is 1.10. The summed E-state index contributed by atoms with van der Waals surface area (Å²) in [6.45, 7) is 2.78. The van der Waals surface area contributed by atoms with Crippen molar-refractivity contribution in [2.24, 2.45) is 5.92 Å². The summed E-state index contributed by atoms with van der Waals surface area (Å²) in [6.07, 6.45) is 7.56. The van der Waals surface area contributed by atoms with Crippen LogP contribution >= 0.6 is 11.6 Å². The van der Waals surface area contributed by atoms with Crippen molar-refractivity contribution >= 4 is 17.5 Å². The maximum Gasteiger partial charge on any atom is 0.237 e. The van der Waals surface area contributed by atoms with Crippen LogP contribution < -0.4 is 5.32 Å². The van der Waals surface area contributed by atoms with Gasteiger partial charge >= 0.3 is 0 Å². The highest BCUT2D eigenvalue weighted by molar-refractivity contribution is 6.30. The Hall–Kier alpha value is -1.06. The van der Waals surface area contributed by atoms with Crippen LogP contribution in [-0.4, -0.2) is 29.9 Å². The van der Waals surface area contributed by atoms with Crippen molar-refractivity contribution in [3.05, 3.63) is 34.9 Å². The van der Waals surface area contributed by atoms with Crippen molar-refractivity contribution < 1.29 is 4.79 Å². The first-order chi connectivity index (χ1) is 10.7. The van der Waals surface area contributed by atoms with E-state index in [1.807, 2.05) is 24.3 Å². The Bertz CT molecular complexity index is 496. The van der Waals surface area contributed by atoms with Crippen molar-refractivity contribution in [3.8, 4) is 0 Å². The van der Waals surface area contributed by atoms with E-state index in [0.29, 0.717) is 6.54 Å². The third kappa shape index (κ3) is 4.02. The third-order valence-corrected chi connectivity index (χ3v) is 5.27. The highest BCUT2D eigenvalue weighted by atomic mass is 35.5. The van der Waals surface area contributed by atoms with E-state index in [9.17, 15) is 4.79 Å². The lowest BCUT2D eigenvalue weighted by Gasteiger charge is -2.26. The van der Waals surface area contributed by atoms with Gasteiger partial charge in [0.05, 0.1) is 6.04 Å². The minimum Gasteiger partial charge on any atom is -0.351 e. The minimum absolute atomic E-state index is 0.0768. The molecular formula is C18H25ClN2O. The molecule has 1 saturated heterocycles. The van der Waals surface area contributed by atoms with Gasteiger partial charge in [0.1, 0.15) is 0 Å². The summed E-state index contributed by atoms with van der Waals surface area (Å²) in [6, 6.07) is 7.74. The standard InChI is InChI=1S/C18H25ClN2O/c19-16-9-7-14(8-10-16)12-20-18(22)17-6-3-11-21(17)13-15-4-1-2-5-15/h7-10,15,17H,1-6,11-13H2,(H,20,22)/t17-/m1/s1. The monoisotopic (exact) mass is 320 g/mol. The molecule has 0 bridgehead atoms. The van der Waals surface area contributed by atoms with Crippen LogP contribution in [0.3, 0.4) is 0 Å². The van der Waals surface area contributed by atoms with Gasteiger partial charge in [0, 0.05) is 18.1 Å². The van der Waals surface area contributed by atoms with Gasteiger partial charge in [-0.3, -0.25) is 9.69 Å². The molecule has 3 rings (SSSR count). The van der Waals surface area contributed by atoms with E-state index in [1.165, 1.54) is 25.7 Å². The second-order valence-corrected chi connectivity index (χ2v) is 7.08. The van der Waals surface area contributed by atoms with Crippen LogP contribution in [0, 0.1) is 5.92 Å². The number of likely N-dealkylation sites (tertiary alicyclic amines) is 1. The minimum atomic E-state index is 0.0768. The van der Waals surface area contributed by atoms with Gasteiger partial charge in [-0.2, -0.15) is 0 Å². The van der Waals surface area contributed by atoms with Crippen molar-refractivity contribution in [1.82, 2.24) is 10.2 Å². The number of benzene rings is 1. The molecule has 1 atom stereocenters. The summed E-state index contributed by atoms with van der Waals surface area (Å²) in [4.78, 5) is 14.9. The topological polar surface area (TPSA) is 32.3 Å². The number of hydrogen-bond acceptors (Lipinski definition) is 2. The molecule has 1 aliphatic heterocycles. The number of hydrogen-bond donors (Lipinski definition) is 1. The van der Waals surface area contributed by atoms with Crippen molar-refractivity contribution in [2.75, 3.05) is 13.1 Å². The highest BCUT2D eigenvalue weighted by Gasteiger charge is 2.32. The molecule has 0 spiro atoms. The van der Waals surface area contributed by atoms with E-state index in [0.717, 1.165) is 42.4 Å². The molecule has 2 aliphatic rings. The summed E-state index contributed by atoms with van der Waals surface area (Å²) in [7, 11) is 0. The Morgan fingerprint density at radius 2 is 1.86 bits per heavy atom. The van der Waals surface area contributed by atoms with Gasteiger partial charge in [-0.1, -0.05) is 36.6 Å². The van der Waals surface area contributed by atoms with Crippen LogP contribution in [0.4, 0.5) is 0 Å². The molecule has 22 heavy (non-hydrogen) atoms. The van der Waals surface area contributed by atoms with Crippen molar-refractivity contribution in [2.45, 2.75) is 51.1 Å². The molecule has 1 aromatic rings. The predicted octanol–water partition coefficient (Wildman–Crippen LogP) is 3.61. The number of carbonyl (C=O) groups excluding carboxylic acids is 1. The highest BCUT2D eigenvalue weighted by Crippen LogP contribution is 2.28. The van der Waals surface area contributed by atoms with Crippen LogP contribution in [0.15, 0.2) is 24.3 Å². The summed E-state index contributed by atoms with van der Waals surface area (Å²) in [5.74, 6) is 0.995. The second kappa shape index (κ2) is 7.47. The maximum atomic E-state index is 12.5. The molecule has 3 nitrogen and oxygen atoms in total. The average molecular weight is 321 g/mol. The van der Waals surface area contributed by atoms with Crippen LogP contribution in [0.5, 0.6) is 0 Å². The van der Waals surface area contributed by atoms with Gasteiger partial charge in [0.15, 0.2) is 0 Å². The summed E-state index contributed by atoms with van der Waals surface area (Å²) in [5, 5.41) is 3.82. The first kappa shape index (κ1) is 15.8. The molecule has 1 saturated carbocycles. The van der Waals surface area contributed by atoms with Crippen molar-refractivity contribution in [3.63, 3.8) is 0 Å². The number of amides is 1. The smallest absolute Gasteiger partial charge is 0.237 e. The molecule has 0 unspecified atom stereocenters. The van der Waals surface area contributed by atoms with Crippen LogP contribution in [0.2, 0.25) is 5.02 Å². The molecule has 1 aliphatic carbocycles. The Labute approximate surface area is 138 Å². The van der Waals surface area contributed by atoms with Gasteiger partial charge in [-0.05, 0) is 55.8 Å². The Morgan fingerprint density at radius 3 is 2.59 bits per heavy atom. The Balaban J connectivity index is 1.50. The molecule has 2 fully saturated rings. The largest absolute Gasteiger partial charge is 0.351 e. The second-order valence-electron chi connectivity index (χ2n) is 6.65. The molecule has 1 aromatic carbocycles. The fourth-order valence-electron chi connectivity index (χ4n) is 3.78. The van der Waals surface area contributed by atoms with E-state index in [2.05, 4.69) is 10.2 Å². The lowest BCUT2D eigenvalue weighted by molar-refractivity contribution is -0.125. The van der Waals surface area contributed by atoms with Crippen molar-refractivity contribution in [1.29, 1.82) is 0 Å². The SMILES string of the molecule is O=C(NCc1ccc(Cl)cc1)[C@H]1CCCN1CC1CCCC1. The molecule has 0 aromatic heterocycles. The summed E-state index contributed by atoms with van der Waals surface area (Å²) < 4.78 is 0. The number of rotatable bonds is 5. The van der Waals surface area contributed by atoms with Gasteiger partial charge in [0.25, 0.3) is 0 Å². The first-order valence-electron chi connectivity index (χ1n) is 8.48. The Morgan fingerprint density at radius 1 is 1.14 bits per heavy atom. The molecule has 4 heteroatoms. The maximum absolute atomic E-state index is 12.5. The lowest BCUT2D eigenvalue weighted by atomic mass is 10.1. The average Bonchev–Trinajstić information content (AvgIpc) is 3.19. The van der Waals surface area contributed by atoms with E-state index in [1.54, 1.807) is 0 Å². The fraction of sp³-hybridized carbons (Fsp3) is 0.611. The molecule has 1 heterocycles. The molecular weight excluding hydrogens is 296 g/mol. The quantitative estimate of drug-likeness (QED) is 0.899. The van der Waals surface area contributed by atoms with Crippen LogP contribution in [0.25, 0.3) is 0 Å². The van der Waals surface area contributed by atoms with Crippen LogP contribution in [-0.2, 0) is 11.3 Å². The number of halogens is 1. The number of nitrogens with one attached hydrogen (secondary N) is 1. The summed E-state index contributed by atoms with van der Waals surface area (Å²) >= 11 is 5.88. The van der Waals surface area contributed by atoms with E-state index >= 15 is 0 Å². The zero-order chi connectivity index (χ0) is 15.4. The lowest BCUT2D eigenvalue weighted by Crippen LogP contribution is -2.44.